The second-order valence-corrected chi connectivity index (χ2v) is 11.8. The number of nitrogens with one attached hydrogen (secondary N) is 2. The SMILES string of the molecule is O=C(CC1CSc2nc3c(c(=O)n21)CCC3)Nc1cc(-c2cccs2)nn1-c1nc2c(c(=O)[nH]1)CCCC2. The average Bonchev–Trinajstić information content (AvgIpc) is 3.71. The quantitative estimate of drug-likeness (QED) is 0.367. The van der Waals surface area contributed by atoms with E-state index < -0.39 is 0 Å². The summed E-state index contributed by atoms with van der Waals surface area (Å²) in [5, 5.41) is 10.3. The van der Waals surface area contributed by atoms with E-state index in [0.29, 0.717) is 22.4 Å². The van der Waals surface area contributed by atoms with Crippen LogP contribution in [-0.2, 0) is 30.5 Å². The molecule has 12 heteroatoms. The van der Waals surface area contributed by atoms with Crippen molar-refractivity contribution >= 4 is 34.8 Å². The number of thioether (sulfide) groups is 1. The van der Waals surface area contributed by atoms with Crippen molar-refractivity contribution < 1.29 is 4.79 Å². The predicted octanol–water partition coefficient (Wildman–Crippen LogP) is 3.28. The predicted molar refractivity (Wildman–Crippen MR) is 145 cm³/mol. The first-order valence-corrected chi connectivity index (χ1v) is 14.7. The zero-order valence-corrected chi connectivity index (χ0v) is 22.2. The molecule has 0 saturated carbocycles. The van der Waals surface area contributed by atoms with Gasteiger partial charge >= 0.3 is 0 Å². The molecule has 0 aromatic carbocycles. The monoisotopic (exact) mass is 547 g/mol. The molecule has 1 unspecified atom stereocenters. The molecule has 2 N–H and O–H groups in total. The Labute approximate surface area is 225 Å². The second kappa shape index (κ2) is 9.35. The van der Waals surface area contributed by atoms with Crippen LogP contribution in [0.4, 0.5) is 5.82 Å². The van der Waals surface area contributed by atoms with Gasteiger partial charge in [0.1, 0.15) is 11.5 Å². The van der Waals surface area contributed by atoms with Crippen LogP contribution < -0.4 is 16.4 Å². The number of aromatic nitrogens is 6. The number of carbonyl (C=O) groups excluding carboxylic acids is 1. The smallest absolute Gasteiger partial charge is 0.257 e. The van der Waals surface area contributed by atoms with Gasteiger partial charge in [-0.3, -0.25) is 23.9 Å². The lowest BCUT2D eigenvalue weighted by Crippen LogP contribution is -2.30. The highest BCUT2D eigenvalue weighted by atomic mass is 32.2. The van der Waals surface area contributed by atoms with Crippen molar-refractivity contribution in [1.82, 2.24) is 29.3 Å². The third kappa shape index (κ3) is 4.02. The number of aryl methyl sites for hydroxylation is 2. The summed E-state index contributed by atoms with van der Waals surface area (Å²) in [5.41, 5.74) is 3.74. The summed E-state index contributed by atoms with van der Waals surface area (Å²) >= 11 is 3.07. The minimum Gasteiger partial charge on any atom is -0.310 e. The summed E-state index contributed by atoms with van der Waals surface area (Å²) in [6.07, 6.45) is 6.12. The summed E-state index contributed by atoms with van der Waals surface area (Å²) in [7, 11) is 0. The number of thiophene rings is 1. The van der Waals surface area contributed by atoms with Crippen molar-refractivity contribution in [1.29, 1.82) is 0 Å². The molecule has 10 nitrogen and oxygen atoms in total. The summed E-state index contributed by atoms with van der Waals surface area (Å²) in [5.74, 6) is 1.09. The lowest BCUT2D eigenvalue weighted by atomic mass is 9.97. The third-order valence-electron chi connectivity index (χ3n) is 7.42. The Balaban J connectivity index is 1.21. The maximum absolute atomic E-state index is 13.3. The lowest BCUT2D eigenvalue weighted by molar-refractivity contribution is -0.116. The van der Waals surface area contributed by atoms with E-state index in [9.17, 15) is 14.4 Å². The molecule has 4 aromatic rings. The molecule has 0 radical (unpaired) electrons. The number of H-pyrrole nitrogens is 1. The van der Waals surface area contributed by atoms with Gasteiger partial charge in [0, 0.05) is 29.4 Å². The van der Waals surface area contributed by atoms with Gasteiger partial charge in [0.25, 0.3) is 11.1 Å². The van der Waals surface area contributed by atoms with Gasteiger partial charge in [-0.05, 0) is 56.4 Å². The van der Waals surface area contributed by atoms with E-state index in [4.69, 9.17) is 15.1 Å². The first-order valence-electron chi connectivity index (χ1n) is 12.9. The Morgan fingerprint density at radius 1 is 1.08 bits per heavy atom. The van der Waals surface area contributed by atoms with Crippen LogP contribution in [0.15, 0.2) is 38.3 Å². The Bertz CT molecular complexity index is 1690. The maximum atomic E-state index is 13.3. The highest BCUT2D eigenvalue weighted by molar-refractivity contribution is 7.99. The fourth-order valence-corrected chi connectivity index (χ4v) is 7.41. The van der Waals surface area contributed by atoms with Gasteiger partial charge in [0.2, 0.25) is 11.9 Å². The zero-order chi connectivity index (χ0) is 25.8. The number of nitrogens with zero attached hydrogens (tertiary/aromatic N) is 5. The van der Waals surface area contributed by atoms with Crippen LogP contribution in [0, 0.1) is 0 Å². The molecule has 7 rings (SSSR count). The number of rotatable bonds is 5. The minimum absolute atomic E-state index is 0.00819. The Morgan fingerprint density at radius 3 is 2.76 bits per heavy atom. The van der Waals surface area contributed by atoms with Crippen LogP contribution >= 0.6 is 23.1 Å². The van der Waals surface area contributed by atoms with Gasteiger partial charge in [-0.25, -0.2) is 9.97 Å². The van der Waals surface area contributed by atoms with Crippen LogP contribution in [0.5, 0.6) is 0 Å². The molecule has 0 fully saturated rings. The zero-order valence-electron chi connectivity index (χ0n) is 20.5. The standard InChI is InChI=1S/C26H25N7O3S2/c34-22(11-14-13-38-26-28-18-8-3-6-16(18)24(36)32(14)26)29-21-12-19(20-9-4-10-37-20)31-33(21)25-27-17-7-2-1-5-15(17)23(35)30-25/h4,9-10,12,14H,1-3,5-8,11,13H2,(H,29,34)(H,27,30,35). The van der Waals surface area contributed by atoms with E-state index >= 15 is 0 Å². The summed E-state index contributed by atoms with van der Waals surface area (Å²) in [6, 6.07) is 5.42. The summed E-state index contributed by atoms with van der Waals surface area (Å²) in [6.45, 7) is 0. The van der Waals surface area contributed by atoms with E-state index in [2.05, 4.69) is 10.3 Å². The largest absolute Gasteiger partial charge is 0.310 e. The normalized spacial score (nSPS) is 17.7. The number of amides is 1. The van der Waals surface area contributed by atoms with Gasteiger partial charge in [-0.15, -0.1) is 11.3 Å². The van der Waals surface area contributed by atoms with Crippen LogP contribution in [0.2, 0.25) is 0 Å². The minimum atomic E-state index is -0.268. The lowest BCUT2D eigenvalue weighted by Gasteiger charge is -2.16. The molecule has 0 spiro atoms. The molecule has 38 heavy (non-hydrogen) atoms. The van der Waals surface area contributed by atoms with E-state index in [1.54, 1.807) is 10.6 Å². The Kier molecular flexibility index (Phi) is 5.81. The molecule has 1 amide bonds. The van der Waals surface area contributed by atoms with Crippen LogP contribution in [0.1, 0.15) is 54.2 Å². The number of hydrogen-bond acceptors (Lipinski definition) is 8. The Morgan fingerprint density at radius 2 is 1.89 bits per heavy atom. The van der Waals surface area contributed by atoms with Crippen molar-refractivity contribution in [3.8, 4) is 16.5 Å². The highest BCUT2D eigenvalue weighted by Gasteiger charge is 2.31. The number of carbonyl (C=O) groups is 1. The van der Waals surface area contributed by atoms with E-state index in [1.807, 2.05) is 17.5 Å². The van der Waals surface area contributed by atoms with Crippen molar-refractivity contribution in [3.63, 3.8) is 0 Å². The van der Waals surface area contributed by atoms with Crippen molar-refractivity contribution in [3.05, 3.63) is 66.8 Å². The fourth-order valence-electron chi connectivity index (χ4n) is 5.58. The van der Waals surface area contributed by atoms with Gasteiger partial charge in [0.05, 0.1) is 22.3 Å². The first-order chi connectivity index (χ1) is 18.5. The van der Waals surface area contributed by atoms with E-state index in [0.717, 1.165) is 72.3 Å². The third-order valence-corrected chi connectivity index (χ3v) is 9.41. The van der Waals surface area contributed by atoms with Gasteiger partial charge in [-0.2, -0.15) is 9.78 Å². The van der Waals surface area contributed by atoms with Crippen molar-refractivity contribution in [2.45, 2.75) is 62.6 Å². The Hall–Kier alpha value is -3.51. The molecular weight excluding hydrogens is 522 g/mol. The average molecular weight is 548 g/mol. The number of aromatic amines is 1. The molecule has 2 aliphatic carbocycles. The number of hydrogen-bond donors (Lipinski definition) is 2. The number of fused-ring (bicyclic) bond motifs is 3. The number of anilines is 1. The molecule has 0 bridgehead atoms. The van der Waals surface area contributed by atoms with Crippen molar-refractivity contribution in [2.24, 2.45) is 0 Å². The highest BCUT2D eigenvalue weighted by Crippen LogP contribution is 2.34. The molecule has 194 valence electrons. The summed E-state index contributed by atoms with van der Waals surface area (Å²) in [4.78, 5) is 52.5. The molecule has 1 aliphatic heterocycles. The van der Waals surface area contributed by atoms with Crippen LogP contribution in [0.25, 0.3) is 16.5 Å². The van der Waals surface area contributed by atoms with Crippen LogP contribution in [-0.4, -0.2) is 41.0 Å². The molecule has 5 heterocycles. The fraction of sp³-hybridized carbons (Fsp3) is 0.385. The van der Waals surface area contributed by atoms with E-state index in [1.165, 1.54) is 27.8 Å². The maximum Gasteiger partial charge on any atom is 0.257 e. The second-order valence-electron chi connectivity index (χ2n) is 9.89. The summed E-state index contributed by atoms with van der Waals surface area (Å²) < 4.78 is 3.20. The van der Waals surface area contributed by atoms with Crippen molar-refractivity contribution in [2.75, 3.05) is 11.1 Å². The van der Waals surface area contributed by atoms with Gasteiger partial charge in [0.15, 0.2) is 5.16 Å². The van der Waals surface area contributed by atoms with Crippen LogP contribution in [0.3, 0.4) is 0 Å². The molecule has 4 aromatic heterocycles. The molecule has 1 atom stereocenters. The van der Waals surface area contributed by atoms with Gasteiger partial charge in [-0.1, -0.05) is 17.8 Å². The first kappa shape index (κ1) is 23.6. The molecular formula is C26H25N7O3S2. The molecule has 3 aliphatic rings. The molecule has 0 saturated heterocycles. The van der Waals surface area contributed by atoms with E-state index in [-0.39, 0.29) is 35.4 Å². The van der Waals surface area contributed by atoms with Gasteiger partial charge < -0.3 is 5.32 Å². The topological polar surface area (TPSA) is 128 Å².